The zero-order chi connectivity index (χ0) is 20.4. The largest absolute Gasteiger partial charge is 0.493 e. The number of carbonyl (C=O) groups excluding carboxylic acids is 1. The van der Waals surface area contributed by atoms with Crippen molar-refractivity contribution in [1.29, 1.82) is 0 Å². The first kappa shape index (κ1) is 19.2. The van der Waals surface area contributed by atoms with Crippen LogP contribution in [0.4, 0.5) is 0 Å². The van der Waals surface area contributed by atoms with Gasteiger partial charge in [0.05, 0.1) is 30.0 Å². The monoisotopic (exact) mass is 426 g/mol. The summed E-state index contributed by atoms with van der Waals surface area (Å²) in [6, 6.07) is 13.5. The molecule has 2 aromatic carbocycles. The average molecular weight is 427 g/mol. The van der Waals surface area contributed by atoms with Gasteiger partial charge in [0.25, 0.3) is 5.91 Å². The van der Waals surface area contributed by atoms with Crippen LogP contribution in [0.25, 0.3) is 20.8 Å². The summed E-state index contributed by atoms with van der Waals surface area (Å²) in [7, 11) is 5.07. The van der Waals surface area contributed by atoms with Crippen molar-refractivity contribution in [2.45, 2.75) is 0 Å². The molecule has 0 fully saturated rings. The molecule has 4 rings (SSSR count). The van der Waals surface area contributed by atoms with Crippen molar-refractivity contribution in [2.75, 3.05) is 14.2 Å². The van der Waals surface area contributed by atoms with Gasteiger partial charge in [-0.25, -0.2) is 10.4 Å². The second kappa shape index (κ2) is 8.06. The highest BCUT2D eigenvalue weighted by molar-refractivity contribution is 7.16. The molecule has 0 bridgehead atoms. The normalized spacial score (nSPS) is 11.6. The van der Waals surface area contributed by atoms with Gasteiger partial charge in [-0.2, -0.15) is 0 Å². The van der Waals surface area contributed by atoms with Crippen LogP contribution in [-0.2, 0) is 7.05 Å². The highest BCUT2D eigenvalue weighted by atomic mass is 32.1. The van der Waals surface area contributed by atoms with Crippen molar-refractivity contribution in [1.82, 2.24) is 15.0 Å². The molecule has 0 atom stereocenters. The Kier molecular flexibility index (Phi) is 5.32. The molecule has 29 heavy (non-hydrogen) atoms. The number of nitrogens with zero attached hydrogens (tertiary/aromatic N) is 3. The van der Waals surface area contributed by atoms with Gasteiger partial charge in [-0.3, -0.25) is 4.79 Å². The number of nitrogens with one attached hydrogen (secondary N) is 1. The molecule has 148 valence electrons. The molecule has 2 heterocycles. The first-order chi connectivity index (χ1) is 14.1. The van der Waals surface area contributed by atoms with Crippen LogP contribution in [0.15, 0.2) is 52.9 Å². The molecule has 0 radical (unpaired) electrons. The quantitative estimate of drug-likeness (QED) is 0.495. The number of rotatable bonds is 5. The number of ether oxygens (including phenoxy) is 2. The SMILES string of the molecule is COc1cccc(-c2nc(C(=O)N/N=c3\sc4ccccc4n3C)cs2)c1OC. The molecule has 9 heteroatoms. The van der Waals surface area contributed by atoms with Crippen LogP contribution < -0.4 is 19.7 Å². The first-order valence-corrected chi connectivity index (χ1v) is 10.4. The summed E-state index contributed by atoms with van der Waals surface area (Å²) in [4.78, 5) is 17.7. The smallest absolute Gasteiger partial charge is 0.290 e. The zero-order valence-electron chi connectivity index (χ0n) is 16.0. The molecule has 0 saturated heterocycles. The van der Waals surface area contributed by atoms with E-state index in [9.17, 15) is 4.79 Å². The van der Waals surface area contributed by atoms with Gasteiger partial charge in [-0.15, -0.1) is 16.4 Å². The average Bonchev–Trinajstić information content (AvgIpc) is 3.37. The fraction of sp³-hybridized carbons (Fsp3) is 0.150. The Morgan fingerprint density at radius 3 is 2.72 bits per heavy atom. The molecule has 4 aromatic rings. The Labute approximate surface area is 174 Å². The van der Waals surface area contributed by atoms with E-state index in [1.807, 2.05) is 54.1 Å². The fourth-order valence-electron chi connectivity index (χ4n) is 2.90. The van der Waals surface area contributed by atoms with Gasteiger partial charge in [0.2, 0.25) is 4.80 Å². The van der Waals surface area contributed by atoms with Crippen molar-refractivity contribution in [3.63, 3.8) is 0 Å². The van der Waals surface area contributed by atoms with Gasteiger partial charge in [0.1, 0.15) is 10.7 Å². The predicted octanol–water partition coefficient (Wildman–Crippen LogP) is 3.63. The number of para-hydroxylation sites is 2. The molecule has 1 N–H and O–H groups in total. The Bertz CT molecular complexity index is 1260. The van der Waals surface area contributed by atoms with E-state index < -0.39 is 0 Å². The number of aromatic nitrogens is 2. The highest BCUT2D eigenvalue weighted by Gasteiger charge is 2.17. The molecule has 0 unspecified atom stereocenters. The van der Waals surface area contributed by atoms with Gasteiger partial charge >= 0.3 is 0 Å². The summed E-state index contributed by atoms with van der Waals surface area (Å²) in [5.41, 5.74) is 4.72. The number of hydrogen-bond acceptors (Lipinski definition) is 7. The Balaban J connectivity index is 1.60. The van der Waals surface area contributed by atoms with Crippen LogP contribution >= 0.6 is 22.7 Å². The molecule has 1 amide bonds. The van der Waals surface area contributed by atoms with Gasteiger partial charge in [0, 0.05) is 12.4 Å². The molecule has 0 saturated carbocycles. The molecule has 0 aliphatic rings. The lowest BCUT2D eigenvalue weighted by Crippen LogP contribution is -2.23. The van der Waals surface area contributed by atoms with E-state index in [0.717, 1.165) is 15.8 Å². The van der Waals surface area contributed by atoms with Crippen LogP contribution in [-0.4, -0.2) is 29.7 Å². The van der Waals surface area contributed by atoms with E-state index >= 15 is 0 Å². The topological polar surface area (TPSA) is 77.7 Å². The number of hydrogen-bond donors (Lipinski definition) is 1. The Morgan fingerprint density at radius 2 is 1.97 bits per heavy atom. The number of aryl methyl sites for hydroxylation is 1. The lowest BCUT2D eigenvalue weighted by molar-refractivity contribution is 0.0948. The third kappa shape index (κ3) is 3.62. The number of carbonyl (C=O) groups is 1. The first-order valence-electron chi connectivity index (χ1n) is 8.68. The zero-order valence-corrected chi connectivity index (χ0v) is 17.6. The summed E-state index contributed by atoms with van der Waals surface area (Å²) < 4.78 is 13.8. The van der Waals surface area contributed by atoms with Gasteiger partial charge in [-0.05, 0) is 24.3 Å². The molecular weight excluding hydrogens is 408 g/mol. The number of fused-ring (bicyclic) bond motifs is 1. The number of methoxy groups -OCH3 is 2. The fourth-order valence-corrected chi connectivity index (χ4v) is 4.70. The minimum absolute atomic E-state index is 0.294. The maximum absolute atomic E-state index is 12.5. The van der Waals surface area contributed by atoms with Gasteiger partial charge < -0.3 is 14.0 Å². The van der Waals surface area contributed by atoms with E-state index in [0.29, 0.717) is 27.0 Å². The van der Waals surface area contributed by atoms with Crippen molar-refractivity contribution in [3.8, 4) is 22.1 Å². The number of amides is 1. The second-order valence-corrected chi connectivity index (χ2v) is 7.91. The minimum atomic E-state index is -0.369. The van der Waals surface area contributed by atoms with Crippen LogP contribution in [0.5, 0.6) is 11.5 Å². The van der Waals surface area contributed by atoms with Gasteiger partial charge in [-0.1, -0.05) is 29.5 Å². The van der Waals surface area contributed by atoms with Crippen molar-refractivity contribution in [2.24, 2.45) is 12.1 Å². The molecular formula is C20H18N4O3S2. The van der Waals surface area contributed by atoms with Gasteiger partial charge in [0.15, 0.2) is 11.5 Å². The Hall–Kier alpha value is -3.17. The van der Waals surface area contributed by atoms with Crippen LogP contribution in [0.2, 0.25) is 0 Å². The maximum Gasteiger partial charge on any atom is 0.290 e. The molecule has 0 spiro atoms. The molecule has 0 aliphatic carbocycles. The van der Waals surface area contributed by atoms with Crippen molar-refractivity contribution >= 4 is 38.8 Å². The molecule has 0 aliphatic heterocycles. The lowest BCUT2D eigenvalue weighted by atomic mass is 10.2. The van der Waals surface area contributed by atoms with E-state index in [4.69, 9.17) is 9.47 Å². The minimum Gasteiger partial charge on any atom is -0.493 e. The van der Waals surface area contributed by atoms with Crippen molar-refractivity contribution in [3.05, 3.63) is 58.3 Å². The summed E-state index contributed by atoms with van der Waals surface area (Å²) in [5.74, 6) is 0.823. The summed E-state index contributed by atoms with van der Waals surface area (Å²) >= 11 is 2.86. The van der Waals surface area contributed by atoms with E-state index in [1.165, 1.54) is 22.7 Å². The van der Waals surface area contributed by atoms with Crippen LogP contribution in [0.1, 0.15) is 10.5 Å². The lowest BCUT2D eigenvalue weighted by Gasteiger charge is -2.10. The van der Waals surface area contributed by atoms with E-state index in [1.54, 1.807) is 19.6 Å². The molecule has 2 aromatic heterocycles. The summed E-state index contributed by atoms with van der Waals surface area (Å²) in [6.45, 7) is 0. The second-order valence-electron chi connectivity index (χ2n) is 6.04. The van der Waals surface area contributed by atoms with E-state index in [2.05, 4.69) is 15.5 Å². The Morgan fingerprint density at radius 1 is 1.14 bits per heavy atom. The standard InChI is InChI=1S/C20H18N4O3S2/c1-24-14-8-4-5-10-16(14)29-20(24)23-22-18(25)13-11-28-19(21-13)12-7-6-9-15(26-2)17(12)27-3/h4-11H,1-3H3,(H,22,25)/b23-20-. The van der Waals surface area contributed by atoms with Crippen LogP contribution in [0.3, 0.4) is 0 Å². The van der Waals surface area contributed by atoms with Crippen LogP contribution in [0, 0.1) is 0 Å². The third-order valence-corrected chi connectivity index (χ3v) is 6.33. The predicted molar refractivity (Wildman–Crippen MR) is 114 cm³/mol. The highest BCUT2D eigenvalue weighted by Crippen LogP contribution is 2.38. The van der Waals surface area contributed by atoms with Crippen molar-refractivity contribution < 1.29 is 14.3 Å². The molecule has 7 nitrogen and oxygen atoms in total. The summed E-state index contributed by atoms with van der Waals surface area (Å²) in [6.07, 6.45) is 0. The summed E-state index contributed by atoms with van der Waals surface area (Å²) in [5, 5.41) is 6.63. The van der Waals surface area contributed by atoms with E-state index in [-0.39, 0.29) is 5.91 Å². The maximum atomic E-state index is 12.5. The number of benzene rings is 2. The third-order valence-electron chi connectivity index (χ3n) is 4.34. The number of thiazole rings is 2.